The molecule has 0 radical (unpaired) electrons. The minimum atomic E-state index is -0.277. The Morgan fingerprint density at radius 3 is 1.37 bits per heavy atom. The zero-order valence-electron chi connectivity index (χ0n) is 34.2. The van der Waals surface area contributed by atoms with Gasteiger partial charge in [0, 0.05) is 22.1 Å². The van der Waals surface area contributed by atoms with Crippen LogP contribution in [0.3, 0.4) is 0 Å². The molecule has 10 rings (SSSR count). The van der Waals surface area contributed by atoms with Crippen LogP contribution in [0.15, 0.2) is 109 Å². The van der Waals surface area contributed by atoms with Gasteiger partial charge in [0.05, 0.1) is 35.2 Å². The van der Waals surface area contributed by atoms with Gasteiger partial charge in [-0.2, -0.15) is 0 Å². The minimum absolute atomic E-state index is 0.0820. The third kappa shape index (κ3) is 7.95. The molecule has 2 fully saturated rings. The number of hydrogen-bond donors (Lipinski definition) is 4. The molecular weight excluding hydrogens is 745 g/mol. The van der Waals surface area contributed by atoms with Crippen molar-refractivity contribution < 1.29 is 9.59 Å². The highest BCUT2D eigenvalue weighted by Gasteiger charge is 2.38. The van der Waals surface area contributed by atoms with Crippen LogP contribution in [0.1, 0.15) is 111 Å². The van der Waals surface area contributed by atoms with Crippen molar-refractivity contribution in [3.8, 4) is 0 Å². The van der Waals surface area contributed by atoms with E-state index < -0.39 is 0 Å². The van der Waals surface area contributed by atoms with E-state index in [2.05, 4.69) is 81.9 Å². The number of amides is 4. The number of pyridine rings is 2. The van der Waals surface area contributed by atoms with E-state index in [9.17, 15) is 9.59 Å². The molecule has 4 aromatic carbocycles. The maximum absolute atomic E-state index is 14.7. The summed E-state index contributed by atoms with van der Waals surface area (Å²) in [6.45, 7) is 0. The van der Waals surface area contributed by atoms with E-state index in [1.807, 2.05) is 48.5 Å². The fourth-order valence-electron chi connectivity index (χ4n) is 10.2. The van der Waals surface area contributed by atoms with E-state index >= 15 is 0 Å². The number of aryl methyl sites for hydroxylation is 2. The van der Waals surface area contributed by atoms with Crippen LogP contribution in [0.2, 0.25) is 0 Å². The van der Waals surface area contributed by atoms with Crippen molar-refractivity contribution in [1.29, 1.82) is 0 Å². The van der Waals surface area contributed by atoms with Crippen molar-refractivity contribution in [2.75, 3.05) is 21.3 Å². The molecule has 60 heavy (non-hydrogen) atoms. The lowest BCUT2D eigenvalue weighted by Crippen LogP contribution is -2.61. The largest absolute Gasteiger partial charge is 0.363 e. The predicted octanol–water partition coefficient (Wildman–Crippen LogP) is 11.9. The molecule has 0 spiro atoms. The minimum Gasteiger partial charge on any atom is -0.363 e. The van der Waals surface area contributed by atoms with Crippen molar-refractivity contribution in [1.82, 2.24) is 20.0 Å². The molecule has 2 saturated carbocycles. The molecule has 2 unspecified atom stereocenters. The molecule has 4 N–H and O–H groups in total. The van der Waals surface area contributed by atoms with Crippen LogP contribution < -0.4 is 21.3 Å². The fraction of sp³-hybridized carbons (Fsp3) is 0.360. The van der Waals surface area contributed by atoms with Gasteiger partial charge >= 0.3 is 12.1 Å². The van der Waals surface area contributed by atoms with E-state index in [1.165, 1.54) is 22.3 Å². The summed E-state index contributed by atoms with van der Waals surface area (Å²) in [7, 11) is 0. The molecule has 4 aliphatic carbocycles. The maximum Gasteiger partial charge on any atom is 0.341 e. The molecule has 6 aromatic rings. The first kappa shape index (κ1) is 38.1. The number of nitrogens with zero attached hydrogens (tertiary/aromatic N) is 4. The first-order valence-electron chi connectivity index (χ1n) is 22.2. The van der Waals surface area contributed by atoms with Gasteiger partial charge in [-0.3, -0.25) is 0 Å². The Hall–Kier alpha value is -6.16. The molecule has 4 amide bonds. The Morgan fingerprint density at radius 2 is 0.917 bits per heavy atom. The summed E-state index contributed by atoms with van der Waals surface area (Å²) in [5.74, 6) is 1.68. The van der Waals surface area contributed by atoms with Crippen LogP contribution in [0.4, 0.5) is 32.6 Å². The number of rotatable bonds is 8. The lowest BCUT2D eigenvalue weighted by atomic mass is 9.93. The van der Waals surface area contributed by atoms with E-state index in [1.54, 1.807) is 10.0 Å². The molecule has 0 saturated heterocycles. The zero-order valence-corrected chi connectivity index (χ0v) is 34.2. The van der Waals surface area contributed by atoms with Crippen LogP contribution in [-0.4, -0.2) is 44.1 Å². The summed E-state index contributed by atoms with van der Waals surface area (Å²) in [5, 5.41) is 19.2. The number of fused-ring (bicyclic) bond motifs is 4. The molecule has 0 aliphatic heterocycles. The summed E-state index contributed by atoms with van der Waals surface area (Å²) < 4.78 is 0. The maximum atomic E-state index is 14.7. The number of urea groups is 2. The number of aromatic nitrogens is 2. The second-order valence-electron chi connectivity index (χ2n) is 17.2. The number of anilines is 4. The van der Waals surface area contributed by atoms with Gasteiger partial charge in [-0.15, -0.1) is 0 Å². The first-order valence-corrected chi connectivity index (χ1v) is 22.2. The predicted molar refractivity (Wildman–Crippen MR) is 241 cm³/mol. The van der Waals surface area contributed by atoms with Crippen molar-refractivity contribution in [2.45, 2.75) is 114 Å². The summed E-state index contributed by atoms with van der Waals surface area (Å²) in [6.07, 6.45) is 14.1. The van der Waals surface area contributed by atoms with E-state index in [-0.39, 0.29) is 36.2 Å². The molecule has 306 valence electrons. The highest BCUT2D eigenvalue weighted by atomic mass is 16.2. The highest BCUT2D eigenvalue weighted by molar-refractivity contribution is 5.97. The van der Waals surface area contributed by atoms with Crippen LogP contribution in [0.5, 0.6) is 0 Å². The summed E-state index contributed by atoms with van der Waals surface area (Å²) in [4.78, 5) is 39.3. The highest BCUT2D eigenvalue weighted by Crippen LogP contribution is 2.36. The molecule has 4 aliphatic rings. The summed E-state index contributed by atoms with van der Waals surface area (Å²) in [6, 6.07) is 36.9. The second-order valence-corrected chi connectivity index (χ2v) is 17.2. The van der Waals surface area contributed by atoms with Crippen LogP contribution >= 0.6 is 0 Å². The van der Waals surface area contributed by atoms with Crippen LogP contribution in [0, 0.1) is 0 Å². The van der Waals surface area contributed by atoms with Gasteiger partial charge in [0.2, 0.25) is 0 Å². The smallest absolute Gasteiger partial charge is 0.341 e. The standard InChI is InChI=1S/C50H54N8O2/c59-49(51-37-23-27-43-35(31-37)21-29-47(53-43)55-45-25-19-33-11-7-9-17-41(33)45)57(39-13-3-1-4-14-39)58(40-15-5-2-6-16-40)50(60)52-38-24-28-44-36(32-38)22-30-48(54-44)56-46-26-20-34-12-8-10-18-42(34)46/h7-12,17-18,21-24,27-32,39-40,45-46H,1-6,13-16,19-20,25-26H2,(H,51,59)(H,52,60)(H,53,55)(H,54,56). The number of hydrazine groups is 1. The van der Waals surface area contributed by atoms with E-state index in [0.717, 1.165) is 123 Å². The SMILES string of the molecule is O=C(Nc1ccc2nc(NC3CCc4ccccc43)ccc2c1)N(C1CCCCC1)N(C(=O)Nc1ccc2nc(NC3CCc4ccccc43)ccc2c1)C1CCCCC1. The normalized spacial score (nSPS) is 19.1. The first-order chi connectivity index (χ1) is 29.5. The summed E-state index contributed by atoms with van der Waals surface area (Å²) >= 11 is 0. The van der Waals surface area contributed by atoms with Crippen LogP contribution in [0.25, 0.3) is 21.8 Å². The zero-order chi connectivity index (χ0) is 40.4. The third-order valence-corrected chi connectivity index (χ3v) is 13.3. The quantitative estimate of drug-likeness (QED) is 0.114. The molecule has 2 heterocycles. The van der Waals surface area contributed by atoms with Crippen molar-refractivity contribution in [2.24, 2.45) is 0 Å². The van der Waals surface area contributed by atoms with E-state index in [0.29, 0.717) is 11.4 Å². The van der Waals surface area contributed by atoms with Crippen LogP contribution in [-0.2, 0) is 12.8 Å². The van der Waals surface area contributed by atoms with E-state index in [4.69, 9.17) is 9.97 Å². The lowest BCUT2D eigenvalue weighted by molar-refractivity contribution is -0.0252. The van der Waals surface area contributed by atoms with Gasteiger partial charge in [0.1, 0.15) is 11.6 Å². The molecule has 10 heteroatoms. The van der Waals surface area contributed by atoms with Gasteiger partial charge < -0.3 is 21.3 Å². The number of carbonyl (C=O) groups excluding carboxylic acids is 2. The van der Waals surface area contributed by atoms with Gasteiger partial charge in [0.25, 0.3) is 0 Å². The fourth-order valence-corrected chi connectivity index (χ4v) is 10.2. The Balaban J connectivity index is 0.875. The van der Waals surface area contributed by atoms with Gasteiger partial charge in [-0.1, -0.05) is 87.1 Å². The molecular formula is C50H54N8O2. The monoisotopic (exact) mass is 798 g/mol. The van der Waals surface area contributed by atoms with Crippen molar-refractivity contribution >= 4 is 56.9 Å². The molecule has 2 aromatic heterocycles. The molecule has 2 atom stereocenters. The third-order valence-electron chi connectivity index (χ3n) is 13.3. The summed E-state index contributed by atoms with van der Waals surface area (Å²) in [5.41, 5.74) is 8.56. The Labute approximate surface area is 352 Å². The van der Waals surface area contributed by atoms with Crippen molar-refractivity contribution in [3.05, 3.63) is 131 Å². The number of carbonyl (C=O) groups is 2. The number of benzene rings is 4. The number of nitrogens with one attached hydrogen (secondary N) is 4. The van der Waals surface area contributed by atoms with Gasteiger partial charge in [-0.05, 0) is 134 Å². The lowest BCUT2D eigenvalue weighted by Gasteiger charge is -2.46. The Bertz CT molecular complexity index is 2350. The molecule has 0 bridgehead atoms. The average Bonchev–Trinajstić information content (AvgIpc) is 3.89. The van der Waals surface area contributed by atoms with Crippen molar-refractivity contribution in [3.63, 3.8) is 0 Å². The second kappa shape index (κ2) is 16.8. The molecule has 10 nitrogen and oxygen atoms in total. The Morgan fingerprint density at radius 1 is 0.483 bits per heavy atom. The number of hydrogen-bond acceptors (Lipinski definition) is 6. The average molecular weight is 799 g/mol. The topological polar surface area (TPSA) is 115 Å². The van der Waals surface area contributed by atoms with Gasteiger partial charge in [-0.25, -0.2) is 29.6 Å². The Kier molecular flexibility index (Phi) is 10.7. The van der Waals surface area contributed by atoms with Gasteiger partial charge in [0.15, 0.2) is 0 Å².